The number of benzene rings is 2. The third-order valence-corrected chi connectivity index (χ3v) is 4.98. The van der Waals surface area contributed by atoms with Crippen LogP contribution < -0.4 is 0 Å². The average molecular weight is 347 g/mol. The maximum Gasteiger partial charge on any atom is 0.237 e. The first-order valence-electron chi connectivity index (χ1n) is 8.08. The molecule has 4 rings (SSSR count). The number of hydrogen-bond donors (Lipinski definition) is 0. The van der Waals surface area contributed by atoms with E-state index in [1.807, 2.05) is 49.4 Å². The summed E-state index contributed by atoms with van der Waals surface area (Å²) in [6, 6.07) is 18.4. The van der Waals surface area contributed by atoms with Gasteiger partial charge in [0.1, 0.15) is 0 Å². The predicted octanol–water partition coefficient (Wildman–Crippen LogP) is 5.19. The highest BCUT2D eigenvalue weighted by molar-refractivity contribution is 7.98. The highest BCUT2D eigenvalue weighted by Crippen LogP contribution is 2.30. The molecule has 2 heterocycles. The second-order valence-corrected chi connectivity index (χ2v) is 6.96. The van der Waals surface area contributed by atoms with Crippen molar-refractivity contribution in [3.63, 3.8) is 0 Å². The Morgan fingerprint density at radius 2 is 1.76 bits per heavy atom. The van der Waals surface area contributed by atoms with Crippen LogP contribution in [0.3, 0.4) is 0 Å². The van der Waals surface area contributed by atoms with Gasteiger partial charge in [0.05, 0.1) is 11.3 Å². The van der Waals surface area contributed by atoms with Crippen molar-refractivity contribution in [3.8, 4) is 11.4 Å². The number of rotatable bonds is 4. The molecule has 0 radical (unpaired) electrons. The summed E-state index contributed by atoms with van der Waals surface area (Å²) in [5.41, 5.74) is 4.20. The Hall–Kier alpha value is -2.66. The molecule has 0 aliphatic heterocycles. The van der Waals surface area contributed by atoms with E-state index in [9.17, 15) is 0 Å². The molecule has 0 spiro atoms. The van der Waals surface area contributed by atoms with E-state index in [-0.39, 0.29) is 0 Å². The van der Waals surface area contributed by atoms with Crippen LogP contribution in [-0.4, -0.2) is 15.1 Å². The molecule has 0 amide bonds. The molecular formula is C20H17N3OS. The van der Waals surface area contributed by atoms with Crippen molar-refractivity contribution in [2.24, 2.45) is 0 Å². The Balaban J connectivity index is 1.55. The van der Waals surface area contributed by atoms with Crippen LogP contribution in [0, 0.1) is 13.8 Å². The smallest absolute Gasteiger partial charge is 0.237 e. The second-order valence-electron chi connectivity index (χ2n) is 5.95. The molecule has 0 unspecified atom stereocenters. The summed E-state index contributed by atoms with van der Waals surface area (Å²) in [6.07, 6.45) is 0. The van der Waals surface area contributed by atoms with Gasteiger partial charge in [-0.2, -0.15) is 4.98 Å². The van der Waals surface area contributed by atoms with E-state index in [4.69, 9.17) is 4.52 Å². The summed E-state index contributed by atoms with van der Waals surface area (Å²) in [6.45, 7) is 4.07. The van der Waals surface area contributed by atoms with Crippen LogP contribution in [-0.2, 0) is 5.75 Å². The quantitative estimate of drug-likeness (QED) is 0.475. The van der Waals surface area contributed by atoms with Gasteiger partial charge >= 0.3 is 0 Å². The SMILES string of the molecule is Cc1ccc(-c2noc(CSc3cc(C)nc4ccccc34)n2)cc1. The van der Waals surface area contributed by atoms with E-state index in [1.165, 1.54) is 10.5 Å². The highest BCUT2D eigenvalue weighted by Gasteiger charge is 2.11. The van der Waals surface area contributed by atoms with Crippen molar-refractivity contribution < 1.29 is 4.52 Å². The van der Waals surface area contributed by atoms with Gasteiger partial charge in [0.15, 0.2) is 0 Å². The lowest BCUT2D eigenvalue weighted by molar-refractivity contribution is 0.391. The fourth-order valence-corrected chi connectivity index (χ4v) is 3.64. The van der Waals surface area contributed by atoms with Gasteiger partial charge in [-0.1, -0.05) is 53.2 Å². The van der Waals surface area contributed by atoms with E-state index < -0.39 is 0 Å². The molecule has 25 heavy (non-hydrogen) atoms. The zero-order valence-corrected chi connectivity index (χ0v) is 14.9. The molecule has 0 saturated heterocycles. The van der Waals surface area contributed by atoms with Gasteiger partial charge in [-0.3, -0.25) is 4.98 Å². The Labute approximate surface area is 150 Å². The molecule has 0 atom stereocenters. The van der Waals surface area contributed by atoms with Gasteiger partial charge in [-0.25, -0.2) is 0 Å². The lowest BCUT2D eigenvalue weighted by atomic mass is 10.1. The fourth-order valence-electron chi connectivity index (χ4n) is 2.66. The topological polar surface area (TPSA) is 51.8 Å². The number of aromatic nitrogens is 3. The number of aryl methyl sites for hydroxylation is 2. The first-order valence-corrected chi connectivity index (χ1v) is 9.06. The van der Waals surface area contributed by atoms with Gasteiger partial charge in [0.25, 0.3) is 0 Å². The van der Waals surface area contributed by atoms with Crippen molar-refractivity contribution in [1.82, 2.24) is 15.1 Å². The lowest BCUT2D eigenvalue weighted by Gasteiger charge is -2.06. The summed E-state index contributed by atoms with van der Waals surface area (Å²) in [5.74, 6) is 1.89. The third kappa shape index (κ3) is 3.42. The number of thioether (sulfide) groups is 1. The second kappa shape index (κ2) is 6.69. The van der Waals surface area contributed by atoms with Crippen LogP contribution in [0.5, 0.6) is 0 Å². The highest BCUT2D eigenvalue weighted by atomic mass is 32.2. The Bertz CT molecular complexity index is 1020. The fraction of sp³-hybridized carbons (Fsp3) is 0.150. The van der Waals surface area contributed by atoms with Gasteiger partial charge in [-0.05, 0) is 26.0 Å². The van der Waals surface area contributed by atoms with Crippen LogP contribution in [0.4, 0.5) is 0 Å². The van der Waals surface area contributed by atoms with E-state index in [0.29, 0.717) is 17.5 Å². The molecule has 0 aliphatic rings. The maximum absolute atomic E-state index is 5.42. The van der Waals surface area contributed by atoms with Crippen LogP contribution in [0.1, 0.15) is 17.1 Å². The van der Waals surface area contributed by atoms with Gasteiger partial charge in [0.2, 0.25) is 11.7 Å². The normalized spacial score (nSPS) is 11.1. The maximum atomic E-state index is 5.42. The van der Waals surface area contributed by atoms with Crippen LogP contribution in [0.15, 0.2) is 64.0 Å². The summed E-state index contributed by atoms with van der Waals surface area (Å²) in [4.78, 5) is 10.3. The average Bonchev–Trinajstić information content (AvgIpc) is 3.09. The van der Waals surface area contributed by atoms with Gasteiger partial charge < -0.3 is 4.52 Å². The Morgan fingerprint density at radius 3 is 2.60 bits per heavy atom. The molecule has 0 saturated carbocycles. The van der Waals surface area contributed by atoms with Gasteiger partial charge in [-0.15, -0.1) is 11.8 Å². The van der Waals surface area contributed by atoms with E-state index >= 15 is 0 Å². The first kappa shape index (κ1) is 15.8. The minimum absolute atomic E-state index is 0.624. The Morgan fingerprint density at radius 1 is 0.960 bits per heavy atom. The zero-order valence-electron chi connectivity index (χ0n) is 14.1. The zero-order chi connectivity index (χ0) is 17.2. The molecular weight excluding hydrogens is 330 g/mol. The van der Waals surface area contributed by atoms with E-state index in [0.717, 1.165) is 22.2 Å². The molecule has 0 aliphatic carbocycles. The number of para-hydroxylation sites is 1. The molecule has 124 valence electrons. The van der Waals surface area contributed by atoms with Crippen molar-refractivity contribution >= 4 is 22.7 Å². The monoisotopic (exact) mass is 347 g/mol. The molecule has 4 nitrogen and oxygen atoms in total. The Kier molecular flexibility index (Phi) is 4.24. The molecule has 0 N–H and O–H groups in total. The largest absolute Gasteiger partial charge is 0.338 e. The van der Waals surface area contributed by atoms with E-state index in [2.05, 4.69) is 34.2 Å². The molecule has 5 heteroatoms. The summed E-state index contributed by atoms with van der Waals surface area (Å²) < 4.78 is 5.42. The minimum atomic E-state index is 0.624. The number of nitrogens with zero attached hydrogens (tertiary/aromatic N) is 3. The number of hydrogen-bond acceptors (Lipinski definition) is 5. The molecule has 4 aromatic rings. The van der Waals surface area contributed by atoms with Crippen LogP contribution in [0.2, 0.25) is 0 Å². The third-order valence-electron chi connectivity index (χ3n) is 3.94. The van der Waals surface area contributed by atoms with Crippen molar-refractivity contribution in [2.45, 2.75) is 24.5 Å². The van der Waals surface area contributed by atoms with Gasteiger partial charge in [0, 0.05) is 21.5 Å². The van der Waals surface area contributed by atoms with Crippen molar-refractivity contribution in [2.75, 3.05) is 0 Å². The molecule has 0 fully saturated rings. The van der Waals surface area contributed by atoms with E-state index in [1.54, 1.807) is 11.8 Å². The summed E-state index contributed by atoms with van der Waals surface area (Å²) >= 11 is 1.69. The lowest BCUT2D eigenvalue weighted by Crippen LogP contribution is -1.88. The van der Waals surface area contributed by atoms with Crippen LogP contribution >= 0.6 is 11.8 Å². The van der Waals surface area contributed by atoms with Crippen molar-refractivity contribution in [1.29, 1.82) is 0 Å². The van der Waals surface area contributed by atoms with Crippen molar-refractivity contribution in [3.05, 3.63) is 71.7 Å². The molecule has 2 aromatic heterocycles. The predicted molar refractivity (Wildman–Crippen MR) is 101 cm³/mol. The first-order chi connectivity index (χ1) is 12.2. The summed E-state index contributed by atoms with van der Waals surface area (Å²) in [5, 5.41) is 5.25. The standard InChI is InChI=1S/C20H17N3OS/c1-13-7-9-15(10-8-13)20-22-19(24-23-20)12-25-18-11-14(2)21-17-6-4-3-5-16(17)18/h3-11H,12H2,1-2H3. The summed E-state index contributed by atoms with van der Waals surface area (Å²) in [7, 11) is 0. The molecule has 2 aromatic carbocycles. The number of fused-ring (bicyclic) bond motifs is 1. The number of pyridine rings is 1. The minimum Gasteiger partial charge on any atom is -0.338 e. The molecule has 0 bridgehead atoms. The van der Waals surface area contributed by atoms with Crippen LogP contribution in [0.25, 0.3) is 22.3 Å².